The molecular weight excluding hydrogens is 647 g/mol. The van der Waals surface area contributed by atoms with Crippen LogP contribution in [0.15, 0.2) is 143 Å². The quantitative estimate of drug-likeness (QED) is 0.218. The third-order valence-corrected chi connectivity index (χ3v) is 12.2. The maximum absolute atomic E-state index is 14.0. The predicted molar refractivity (Wildman–Crippen MR) is 184 cm³/mol. The standard InChI is InChI=1S/C37H33N3O6S2/c1-38-37(42)35-26-39(47(43,44)33-21-19-28(20-22-33)27-9-4-2-5-10-27)23-24-40(35)48(45,46)34-14-8-13-32(25-34)29-15-17-31(18-16-29)36(41)30-11-6-3-7-12-30/h2-22,25,35H,23-24,26H2,1H3,(H,38,42). The molecule has 48 heavy (non-hydrogen) atoms. The normalized spacial score (nSPS) is 15.9. The van der Waals surface area contributed by atoms with Gasteiger partial charge in [0.05, 0.1) is 9.79 Å². The maximum Gasteiger partial charge on any atom is 0.243 e. The number of hydrogen-bond donors (Lipinski definition) is 1. The zero-order chi connectivity index (χ0) is 33.9. The van der Waals surface area contributed by atoms with E-state index in [1.54, 1.807) is 72.8 Å². The van der Waals surface area contributed by atoms with E-state index < -0.39 is 32.0 Å². The lowest BCUT2D eigenvalue weighted by molar-refractivity contribution is -0.125. The number of amides is 1. The van der Waals surface area contributed by atoms with Crippen molar-refractivity contribution in [3.8, 4) is 22.3 Å². The molecule has 0 bridgehead atoms. The minimum Gasteiger partial charge on any atom is -0.358 e. The molecule has 244 valence electrons. The molecule has 1 aliphatic heterocycles. The SMILES string of the molecule is CNC(=O)C1CN(S(=O)(=O)c2ccc(-c3ccccc3)cc2)CCN1S(=O)(=O)c1cccc(-c2ccc(C(=O)c3ccccc3)cc2)c1. The van der Waals surface area contributed by atoms with Crippen molar-refractivity contribution in [1.82, 2.24) is 13.9 Å². The second-order valence-electron chi connectivity index (χ2n) is 11.3. The van der Waals surface area contributed by atoms with E-state index in [9.17, 15) is 26.4 Å². The van der Waals surface area contributed by atoms with Crippen molar-refractivity contribution < 1.29 is 26.4 Å². The smallest absolute Gasteiger partial charge is 0.243 e. The molecule has 1 aliphatic rings. The summed E-state index contributed by atoms with van der Waals surface area (Å²) in [5, 5.41) is 2.49. The number of ketones is 1. The van der Waals surface area contributed by atoms with E-state index in [0.717, 1.165) is 19.7 Å². The molecular formula is C37H33N3O6S2. The maximum atomic E-state index is 14.0. The summed E-state index contributed by atoms with van der Waals surface area (Å²) >= 11 is 0. The zero-order valence-electron chi connectivity index (χ0n) is 26.1. The Morgan fingerprint density at radius 1 is 0.583 bits per heavy atom. The second-order valence-corrected chi connectivity index (χ2v) is 15.1. The molecule has 1 N–H and O–H groups in total. The van der Waals surface area contributed by atoms with Crippen molar-refractivity contribution >= 4 is 31.7 Å². The average molecular weight is 680 g/mol. The largest absolute Gasteiger partial charge is 0.358 e. The number of benzene rings is 5. The number of likely N-dealkylation sites (N-methyl/N-ethyl adjacent to an activating group) is 1. The molecule has 6 rings (SSSR count). The average Bonchev–Trinajstić information content (AvgIpc) is 3.14. The van der Waals surface area contributed by atoms with E-state index in [4.69, 9.17) is 0 Å². The molecule has 1 fully saturated rings. The fraction of sp³-hybridized carbons (Fsp3) is 0.135. The van der Waals surface area contributed by atoms with Crippen molar-refractivity contribution in [3.05, 3.63) is 145 Å². The number of nitrogens with zero attached hydrogens (tertiary/aromatic N) is 2. The van der Waals surface area contributed by atoms with Gasteiger partial charge in [-0.05, 0) is 46.5 Å². The summed E-state index contributed by atoms with van der Waals surface area (Å²) in [4.78, 5) is 25.9. The van der Waals surface area contributed by atoms with Crippen LogP contribution in [0.4, 0.5) is 0 Å². The van der Waals surface area contributed by atoms with Crippen LogP contribution in [0, 0.1) is 0 Å². The Hall–Kier alpha value is -4.94. The molecule has 0 spiro atoms. The van der Waals surface area contributed by atoms with Crippen LogP contribution in [0.2, 0.25) is 0 Å². The molecule has 0 saturated carbocycles. The summed E-state index contributed by atoms with van der Waals surface area (Å²) in [5.74, 6) is -0.739. The molecule has 1 atom stereocenters. The third kappa shape index (κ3) is 6.58. The Labute approximate surface area is 280 Å². The Morgan fingerprint density at radius 3 is 1.77 bits per heavy atom. The lowest BCUT2D eigenvalue weighted by Gasteiger charge is -2.38. The second kappa shape index (κ2) is 13.7. The van der Waals surface area contributed by atoms with Crippen molar-refractivity contribution in [3.63, 3.8) is 0 Å². The van der Waals surface area contributed by atoms with Gasteiger partial charge in [-0.3, -0.25) is 9.59 Å². The van der Waals surface area contributed by atoms with Gasteiger partial charge in [0.2, 0.25) is 26.0 Å². The summed E-state index contributed by atoms with van der Waals surface area (Å²) < 4.78 is 57.6. The molecule has 9 nitrogen and oxygen atoms in total. The van der Waals surface area contributed by atoms with E-state index in [1.165, 1.54) is 31.3 Å². The van der Waals surface area contributed by atoms with Gasteiger partial charge in [0.15, 0.2) is 5.78 Å². The highest BCUT2D eigenvalue weighted by Gasteiger charge is 2.43. The first kappa shape index (κ1) is 33.0. The van der Waals surface area contributed by atoms with E-state index >= 15 is 0 Å². The van der Waals surface area contributed by atoms with Crippen LogP contribution >= 0.6 is 0 Å². The molecule has 5 aromatic rings. The summed E-state index contributed by atoms with van der Waals surface area (Å²) in [5.41, 5.74) is 4.17. The number of rotatable bonds is 9. The van der Waals surface area contributed by atoms with Crippen LogP contribution < -0.4 is 5.32 Å². The van der Waals surface area contributed by atoms with Crippen molar-refractivity contribution in [1.29, 1.82) is 0 Å². The van der Waals surface area contributed by atoms with Crippen LogP contribution in [0.5, 0.6) is 0 Å². The van der Waals surface area contributed by atoms with Crippen molar-refractivity contribution in [2.24, 2.45) is 0 Å². The summed E-state index contributed by atoms with van der Waals surface area (Å²) in [6.45, 7) is -0.702. The Bertz CT molecular complexity index is 2160. The predicted octanol–water partition coefficient (Wildman–Crippen LogP) is 5.06. The molecule has 1 unspecified atom stereocenters. The number of carbonyl (C=O) groups excluding carboxylic acids is 2. The highest BCUT2D eigenvalue weighted by molar-refractivity contribution is 7.89. The Balaban J connectivity index is 1.23. The molecule has 5 aromatic carbocycles. The van der Waals surface area contributed by atoms with Gasteiger partial charge in [0, 0.05) is 37.8 Å². The van der Waals surface area contributed by atoms with E-state index in [0.29, 0.717) is 22.3 Å². The molecule has 11 heteroatoms. The molecule has 1 saturated heterocycles. The van der Waals surface area contributed by atoms with Gasteiger partial charge >= 0.3 is 0 Å². The molecule has 0 aliphatic carbocycles. The van der Waals surface area contributed by atoms with Gasteiger partial charge in [-0.15, -0.1) is 0 Å². The summed E-state index contributed by atoms with van der Waals surface area (Å²) in [7, 11) is -6.87. The van der Waals surface area contributed by atoms with Crippen molar-refractivity contribution in [2.45, 2.75) is 15.8 Å². The molecule has 0 radical (unpaired) electrons. The molecule has 1 heterocycles. The lowest BCUT2D eigenvalue weighted by atomic mass is 9.99. The Morgan fingerprint density at radius 2 is 1.12 bits per heavy atom. The van der Waals surface area contributed by atoms with E-state index in [-0.39, 0.29) is 35.2 Å². The van der Waals surface area contributed by atoms with Gasteiger partial charge < -0.3 is 5.32 Å². The van der Waals surface area contributed by atoms with Gasteiger partial charge in [-0.1, -0.05) is 109 Å². The van der Waals surface area contributed by atoms with Crippen LogP contribution in [0.25, 0.3) is 22.3 Å². The van der Waals surface area contributed by atoms with Gasteiger partial charge in [0.25, 0.3) is 0 Å². The van der Waals surface area contributed by atoms with Crippen LogP contribution in [0.3, 0.4) is 0 Å². The van der Waals surface area contributed by atoms with Gasteiger partial charge in [-0.2, -0.15) is 8.61 Å². The minimum absolute atomic E-state index is 0.0360. The fourth-order valence-electron chi connectivity index (χ4n) is 5.77. The molecule has 0 aromatic heterocycles. The Kier molecular flexibility index (Phi) is 9.38. The number of carbonyl (C=O) groups is 2. The molecule has 1 amide bonds. The zero-order valence-corrected chi connectivity index (χ0v) is 27.7. The lowest BCUT2D eigenvalue weighted by Crippen LogP contribution is -2.61. The number of hydrogen-bond acceptors (Lipinski definition) is 6. The summed E-state index contributed by atoms with van der Waals surface area (Å²) in [6, 6.07) is 36.9. The number of piperazine rings is 1. The first-order valence-corrected chi connectivity index (χ1v) is 18.2. The monoisotopic (exact) mass is 679 g/mol. The topological polar surface area (TPSA) is 121 Å². The number of nitrogens with one attached hydrogen (secondary N) is 1. The minimum atomic E-state index is -4.23. The first-order valence-electron chi connectivity index (χ1n) is 15.3. The van der Waals surface area contributed by atoms with E-state index in [2.05, 4.69) is 5.32 Å². The summed E-state index contributed by atoms with van der Waals surface area (Å²) in [6.07, 6.45) is 0. The highest BCUT2D eigenvalue weighted by Crippen LogP contribution is 2.30. The van der Waals surface area contributed by atoms with E-state index in [1.807, 2.05) is 36.4 Å². The van der Waals surface area contributed by atoms with Gasteiger partial charge in [0.1, 0.15) is 6.04 Å². The number of sulfonamides is 2. The third-order valence-electron chi connectivity index (χ3n) is 8.40. The highest BCUT2D eigenvalue weighted by atomic mass is 32.2. The van der Waals surface area contributed by atoms with Crippen molar-refractivity contribution in [2.75, 3.05) is 26.7 Å². The first-order chi connectivity index (χ1) is 23.1. The van der Waals surface area contributed by atoms with Crippen LogP contribution in [-0.2, 0) is 24.8 Å². The van der Waals surface area contributed by atoms with Crippen LogP contribution in [-0.4, -0.2) is 69.9 Å². The fourth-order valence-corrected chi connectivity index (χ4v) is 8.82. The van der Waals surface area contributed by atoms with Crippen LogP contribution in [0.1, 0.15) is 15.9 Å². The van der Waals surface area contributed by atoms with Gasteiger partial charge in [-0.25, -0.2) is 16.8 Å².